The summed E-state index contributed by atoms with van der Waals surface area (Å²) < 4.78 is 72.9. The smallest absolute Gasteiger partial charge is 0.417 e. The van der Waals surface area contributed by atoms with Gasteiger partial charge in [0.15, 0.2) is 0 Å². The first-order chi connectivity index (χ1) is 62.3. The van der Waals surface area contributed by atoms with Gasteiger partial charge in [-0.2, -0.15) is 0 Å². The number of carbonyl (C=O) groups excluding carboxylic acids is 2. The minimum atomic E-state index is -0.528. The van der Waals surface area contributed by atoms with E-state index in [1.165, 1.54) is 36.1 Å². The Labute approximate surface area is 939 Å². The Hall–Kier alpha value is 0.450. The molecule has 1 saturated carbocycles. The van der Waals surface area contributed by atoms with E-state index in [9.17, 15) is 9.59 Å². The van der Waals surface area contributed by atoms with Gasteiger partial charge in [-0.3, -0.25) is 14.8 Å². The second kappa shape index (κ2) is 77.0. The van der Waals surface area contributed by atoms with Crippen LogP contribution < -0.4 is 23.7 Å². The van der Waals surface area contributed by atoms with Crippen molar-refractivity contribution in [1.82, 2.24) is 4.90 Å². The van der Waals surface area contributed by atoms with Gasteiger partial charge in [0, 0.05) is 238 Å². The highest BCUT2D eigenvalue weighted by Gasteiger charge is 2.31. The van der Waals surface area contributed by atoms with Gasteiger partial charge < -0.3 is 67.1 Å². The number of imide groups is 1. The molecule has 1 aliphatic carbocycles. The topological polar surface area (TPSA) is 213 Å². The van der Waals surface area contributed by atoms with Gasteiger partial charge in [0.05, 0.1) is 68.2 Å². The summed E-state index contributed by atoms with van der Waals surface area (Å²) in [5.74, 6) is 5.28. The average Bonchev–Trinajstić information content (AvgIpc) is 1.82. The Morgan fingerprint density at radius 3 is 1.07 bits per heavy atom. The van der Waals surface area contributed by atoms with E-state index in [1.807, 2.05) is 60.7 Å². The zero-order chi connectivity index (χ0) is 98.6. The van der Waals surface area contributed by atoms with Crippen LogP contribution in [0.1, 0.15) is 167 Å². The van der Waals surface area contributed by atoms with E-state index in [1.54, 1.807) is 87.7 Å². The first-order valence-corrected chi connectivity index (χ1v) is 58.0. The molecule has 39 heteroatoms. The molecule has 7 aromatic carbocycles. The van der Waals surface area contributed by atoms with Gasteiger partial charge in [0.25, 0.3) is 0 Å². The average molecular weight is 3000 g/mol. The third kappa shape index (κ3) is 56.9. The molecule has 2 N–H and O–H groups in total. The number of phenolic OH excluding ortho intramolecular Hbond substituents is 2. The Morgan fingerprint density at radius 1 is 0.435 bits per heavy atom. The molecule has 3 heterocycles. The summed E-state index contributed by atoms with van der Waals surface area (Å²) in [6.07, 6.45) is 15.5. The zero-order valence-corrected chi connectivity index (χ0v) is 103. The summed E-state index contributed by atoms with van der Waals surface area (Å²) in [4.78, 5) is 32.7. The van der Waals surface area contributed by atoms with Crippen molar-refractivity contribution in [2.24, 2.45) is 15.9 Å². The zero-order valence-electron chi connectivity index (χ0n) is 75.2. The van der Waals surface area contributed by atoms with Crippen molar-refractivity contribution < 1.29 is 76.6 Å². The van der Waals surface area contributed by atoms with Crippen molar-refractivity contribution in [3.8, 4) is 40.2 Å². The molecule has 2 fully saturated rings. The molecule has 4 aliphatic rings. The van der Waals surface area contributed by atoms with Crippen molar-refractivity contribution in [2.75, 3.05) is 140 Å². The lowest BCUT2D eigenvalue weighted by atomic mass is 9.97. The van der Waals surface area contributed by atoms with Gasteiger partial charge in [-0.25, -0.2) is 9.69 Å². The fraction of sp³-hybridized carbons (Fsp3) is 0.500. The minimum absolute atomic E-state index is 0.120. The van der Waals surface area contributed by atoms with Crippen LogP contribution in [0.4, 0.5) is 4.79 Å². The van der Waals surface area contributed by atoms with Crippen LogP contribution in [0.25, 0.3) is 0 Å². The number of aromatic hydroxyl groups is 2. The van der Waals surface area contributed by atoms with Crippen LogP contribution in [0, 0.1) is 20.2 Å². The maximum absolute atomic E-state index is 11.4. The molecular formula is C92H117Br9Cl7I4N3O16. The minimum Gasteiger partial charge on any atom is -0.506 e. The number of benzene rings is 7. The maximum Gasteiger partial charge on any atom is 0.417 e. The summed E-state index contributed by atoms with van der Waals surface area (Å²) >= 11 is 80.0. The van der Waals surface area contributed by atoms with Crippen LogP contribution in [0.3, 0.4) is 0 Å². The Kier molecular flexibility index (Phi) is 76.1. The number of likely N-dealkylation sites (tertiary alicyclic amines) is 1. The molecule has 11 rings (SSSR count). The number of methoxy groups -OCH3 is 6. The second-order valence-electron chi connectivity index (χ2n) is 29.8. The standard InChI is InChI=1S/C15H20BrClO2.2C14H17BrClNO2.2C10H11BrClIO2.C9H15NO3.C6H3BrClIO.C6H4ClIO.C4H9BrO.C4H10.Br2/c1-18-7-4-8-19-15-9-12(11-5-2-3-6-11)13(16)10-14(15)17;2*1-18-6-3-7-19-14-8-10(11(15)9-12(14)16)13-4-2-5-17-13;2*1-14-3-2-4-15-10-6-9(13)7(11)5-8(10)12;1-9(2,3)13-8(12)10-6-4-5-7(10)11;7-3-1-4(8)6(10)2-5(3)9;7-5-2-1-4(8)3-6(5)9;1-6-4-2-3-5;1-4(2)3;1-2/h9-11H,2-8H2,1H3;2*8-9H,2-7H2,1H3;2*5-6H,2-4H2,1H3;4-6H2,1-3H3;1-2,10H;1-3,9H;2-4H2,1H3;4H,1-3H3;. The fourth-order valence-corrected chi connectivity index (χ4v) is 18.0. The van der Waals surface area contributed by atoms with Crippen LogP contribution in [-0.4, -0.2) is 184 Å². The van der Waals surface area contributed by atoms with E-state index >= 15 is 0 Å². The van der Waals surface area contributed by atoms with E-state index in [4.69, 9.17) is 148 Å². The summed E-state index contributed by atoms with van der Waals surface area (Å²) in [5.41, 5.74) is 5.24. The molecule has 0 unspecified atom stereocenters. The Bertz CT molecular complexity index is 4310. The summed E-state index contributed by atoms with van der Waals surface area (Å²) in [5, 5.41) is 23.0. The van der Waals surface area contributed by atoms with Crippen molar-refractivity contribution in [1.29, 1.82) is 0 Å². The highest BCUT2D eigenvalue weighted by atomic mass is 127. The summed E-state index contributed by atoms with van der Waals surface area (Å²) in [6.45, 7) is 21.6. The van der Waals surface area contributed by atoms with Gasteiger partial charge in [0.2, 0.25) is 5.91 Å². The quantitative estimate of drug-likeness (QED) is 0.0179. The highest BCUT2D eigenvalue weighted by Crippen LogP contribution is 2.43. The predicted octanol–water partition coefficient (Wildman–Crippen LogP) is 34.0. The van der Waals surface area contributed by atoms with Crippen LogP contribution in [0.5, 0.6) is 40.2 Å². The van der Waals surface area contributed by atoms with Gasteiger partial charge in [-0.05, 0) is 319 Å². The number of hydrogen-bond acceptors (Lipinski definition) is 18. The van der Waals surface area contributed by atoms with Gasteiger partial charge in [-0.15, -0.1) is 0 Å². The van der Waals surface area contributed by atoms with E-state index < -0.39 is 11.7 Å². The molecule has 736 valence electrons. The number of ether oxygens (including phenoxy) is 12. The van der Waals surface area contributed by atoms with Crippen LogP contribution in [-0.2, 0) is 38.0 Å². The lowest BCUT2D eigenvalue weighted by Crippen LogP contribution is -2.37. The molecule has 19 nitrogen and oxygen atoms in total. The summed E-state index contributed by atoms with van der Waals surface area (Å²) in [6, 6.07) is 27.7. The fourth-order valence-electron chi connectivity index (χ4n) is 11.0. The number of aliphatic imine (C=N–C) groups is 2. The molecule has 0 bridgehead atoms. The van der Waals surface area contributed by atoms with E-state index in [0.717, 1.165) is 182 Å². The normalized spacial score (nSPS) is 12.8. The Balaban J connectivity index is 0.000000742. The largest absolute Gasteiger partial charge is 0.506 e. The number of hydrogen-bond donors (Lipinski definition) is 2. The number of carbonyl (C=O) groups is 2. The van der Waals surface area contributed by atoms with Crippen molar-refractivity contribution in [3.05, 3.63) is 184 Å². The lowest BCUT2D eigenvalue weighted by Gasteiger charge is -2.23. The summed E-state index contributed by atoms with van der Waals surface area (Å²) in [7, 11) is 10.1. The van der Waals surface area contributed by atoms with Crippen LogP contribution in [0.2, 0.25) is 35.2 Å². The molecule has 3 aliphatic heterocycles. The number of alkyl halides is 1. The molecule has 0 spiro atoms. The van der Waals surface area contributed by atoms with Gasteiger partial charge in [0.1, 0.15) is 45.8 Å². The second-order valence-corrected chi connectivity index (χ2v) is 43.3. The maximum atomic E-state index is 11.4. The van der Waals surface area contributed by atoms with E-state index in [-0.39, 0.29) is 17.4 Å². The lowest BCUT2D eigenvalue weighted by molar-refractivity contribution is -0.127. The molecule has 0 radical (unpaired) electrons. The SMILES string of the molecule is BrBr.CC(C)(C)OC(=O)N1CCCC1=O.CC(C)C.COCCCBr.COCCCOc1cc(C2=NCCC2)c(Br)cc1Cl.COCCCOc1cc(C2=NCCC2)c(Br)cc1Cl.COCCCOc1cc(C2CCCC2)c(Br)cc1Cl.COCCCOc1cc(I)c(Br)cc1Cl.COCCCOc1cc(I)c(Br)cc1Cl.Oc1cc(I)c(Br)cc1Cl.Oc1cc(I)ccc1Cl. The number of phenols is 2. The highest BCUT2D eigenvalue weighted by molar-refractivity contribution is 14.1. The van der Waals surface area contributed by atoms with Crippen LogP contribution >= 0.6 is 311 Å². The van der Waals surface area contributed by atoms with E-state index in [2.05, 4.69) is 267 Å². The number of rotatable bonds is 31. The third-order valence-corrected chi connectivity index (χ3v) is 29.2. The number of halogens is 20. The van der Waals surface area contributed by atoms with Gasteiger partial charge in [-0.1, -0.05) is 179 Å². The first kappa shape index (κ1) is 129. The molecular weight excluding hydrogens is 2880 g/mol. The van der Waals surface area contributed by atoms with Gasteiger partial charge >= 0.3 is 6.09 Å². The third-order valence-electron chi connectivity index (χ3n) is 17.0. The Morgan fingerprint density at radius 2 is 0.763 bits per heavy atom. The van der Waals surface area contributed by atoms with Crippen molar-refractivity contribution in [2.45, 2.75) is 156 Å². The molecule has 2 amide bonds. The molecule has 0 atom stereocenters. The first-order valence-electron chi connectivity index (χ1n) is 41.4. The molecule has 131 heavy (non-hydrogen) atoms. The molecule has 0 aromatic heterocycles. The van der Waals surface area contributed by atoms with Crippen molar-refractivity contribution >= 4 is 335 Å². The molecule has 7 aromatic rings. The predicted molar refractivity (Wildman–Crippen MR) is 609 cm³/mol. The van der Waals surface area contributed by atoms with Crippen molar-refractivity contribution in [3.63, 3.8) is 0 Å². The number of amides is 2. The van der Waals surface area contributed by atoms with Crippen LogP contribution in [0.15, 0.2) is 128 Å². The monoisotopic (exact) mass is 2980 g/mol. The number of nitrogens with zero attached hydrogens (tertiary/aromatic N) is 3. The van der Waals surface area contributed by atoms with E-state index in [0.29, 0.717) is 132 Å². The molecule has 1 saturated heterocycles.